The quantitative estimate of drug-likeness (QED) is 0.898. The number of hydrogen-bond acceptors (Lipinski definition) is 4. The maximum Gasteiger partial charge on any atom is 0.162 e. The van der Waals surface area contributed by atoms with Gasteiger partial charge in [0.25, 0.3) is 0 Å². The van der Waals surface area contributed by atoms with Crippen LogP contribution < -0.4 is 10.1 Å². The number of carbonyl (C=O) groups is 1. The molecule has 130 valence electrons. The number of dihydropyridines is 1. The molecule has 4 heteroatoms. The molecule has 0 amide bonds. The Bertz CT molecular complexity index is 807. The molecule has 0 fully saturated rings. The van der Waals surface area contributed by atoms with E-state index in [2.05, 4.69) is 25.2 Å². The van der Waals surface area contributed by atoms with E-state index in [9.17, 15) is 10.1 Å². The molecule has 3 rings (SSSR count). The summed E-state index contributed by atoms with van der Waals surface area (Å²) in [6, 6.07) is 10.0. The standard InChI is InChI=1S/C21H24N2O2/c1-5-25-15-8-6-14(7-9-15)19-16(12-22)13(2)23-17-10-21(3,4)11-18(24)20(17)19/h6-9,19,23H,5,10-11H2,1-4H3/t19-/m1/s1. The van der Waals surface area contributed by atoms with E-state index in [4.69, 9.17) is 4.74 Å². The third-order valence-electron chi connectivity index (χ3n) is 4.88. The van der Waals surface area contributed by atoms with E-state index in [0.717, 1.165) is 34.7 Å². The molecule has 1 aliphatic heterocycles. The number of hydrogen-bond donors (Lipinski definition) is 1. The minimum absolute atomic E-state index is 0.0588. The number of nitriles is 1. The monoisotopic (exact) mass is 336 g/mol. The number of rotatable bonds is 3. The van der Waals surface area contributed by atoms with E-state index >= 15 is 0 Å². The first-order chi connectivity index (χ1) is 11.9. The zero-order valence-corrected chi connectivity index (χ0v) is 15.3. The second kappa shape index (κ2) is 6.40. The van der Waals surface area contributed by atoms with Gasteiger partial charge < -0.3 is 10.1 Å². The van der Waals surface area contributed by atoms with E-state index in [1.165, 1.54) is 0 Å². The van der Waals surface area contributed by atoms with Crippen LogP contribution in [0.2, 0.25) is 0 Å². The van der Waals surface area contributed by atoms with E-state index in [-0.39, 0.29) is 17.1 Å². The predicted molar refractivity (Wildman–Crippen MR) is 96.8 cm³/mol. The molecule has 4 nitrogen and oxygen atoms in total. The van der Waals surface area contributed by atoms with Crippen LogP contribution >= 0.6 is 0 Å². The Labute approximate surface area is 149 Å². The SMILES string of the molecule is CCOc1ccc([C@@H]2C(C#N)=C(C)NC3=C2C(=O)CC(C)(C)C3)cc1. The highest BCUT2D eigenvalue weighted by molar-refractivity contribution is 6.00. The van der Waals surface area contributed by atoms with Gasteiger partial charge in [0, 0.05) is 23.4 Å². The fraction of sp³-hybridized carbons (Fsp3) is 0.429. The highest BCUT2D eigenvalue weighted by Gasteiger charge is 2.40. The molecule has 1 aliphatic carbocycles. The third-order valence-corrected chi connectivity index (χ3v) is 4.88. The lowest BCUT2D eigenvalue weighted by Crippen LogP contribution is -2.36. The van der Waals surface area contributed by atoms with Gasteiger partial charge in [0.1, 0.15) is 5.75 Å². The Balaban J connectivity index is 2.09. The van der Waals surface area contributed by atoms with Crippen molar-refractivity contribution < 1.29 is 9.53 Å². The van der Waals surface area contributed by atoms with Crippen molar-refractivity contribution in [2.75, 3.05) is 6.61 Å². The van der Waals surface area contributed by atoms with Gasteiger partial charge in [0.15, 0.2) is 5.78 Å². The summed E-state index contributed by atoms with van der Waals surface area (Å²) in [6.45, 7) is 8.69. The number of benzene rings is 1. The van der Waals surface area contributed by atoms with E-state index in [1.807, 2.05) is 38.1 Å². The van der Waals surface area contributed by atoms with Crippen LogP contribution in [0.1, 0.15) is 52.0 Å². The number of ether oxygens (including phenoxy) is 1. The van der Waals surface area contributed by atoms with Crippen LogP contribution in [0.25, 0.3) is 0 Å². The fourth-order valence-corrected chi connectivity index (χ4v) is 3.84. The highest BCUT2D eigenvalue weighted by atomic mass is 16.5. The van der Waals surface area contributed by atoms with Crippen LogP contribution in [0.3, 0.4) is 0 Å². The van der Waals surface area contributed by atoms with Crippen molar-refractivity contribution in [2.45, 2.75) is 46.5 Å². The number of nitrogens with one attached hydrogen (secondary N) is 1. The lowest BCUT2D eigenvalue weighted by Gasteiger charge is -2.38. The Morgan fingerprint density at radius 2 is 1.96 bits per heavy atom. The first-order valence-corrected chi connectivity index (χ1v) is 8.73. The molecular weight excluding hydrogens is 312 g/mol. The fourth-order valence-electron chi connectivity index (χ4n) is 3.84. The summed E-state index contributed by atoms with van der Waals surface area (Å²) in [5.74, 6) is 0.642. The molecule has 0 saturated carbocycles. The van der Waals surface area contributed by atoms with Crippen LogP contribution in [-0.2, 0) is 4.79 Å². The van der Waals surface area contributed by atoms with Crippen molar-refractivity contribution in [1.29, 1.82) is 5.26 Å². The first kappa shape index (κ1) is 17.3. The topological polar surface area (TPSA) is 62.1 Å². The van der Waals surface area contributed by atoms with Crippen molar-refractivity contribution in [3.8, 4) is 11.8 Å². The van der Waals surface area contributed by atoms with Gasteiger partial charge in [-0.05, 0) is 43.4 Å². The van der Waals surface area contributed by atoms with Gasteiger partial charge in [0.2, 0.25) is 0 Å². The van der Waals surface area contributed by atoms with Gasteiger partial charge >= 0.3 is 0 Å². The van der Waals surface area contributed by atoms with Crippen molar-refractivity contribution in [2.24, 2.45) is 5.41 Å². The molecule has 0 aromatic heterocycles. The van der Waals surface area contributed by atoms with Gasteiger partial charge in [-0.1, -0.05) is 26.0 Å². The number of ketones is 1. The summed E-state index contributed by atoms with van der Waals surface area (Å²) in [4.78, 5) is 12.9. The Morgan fingerprint density at radius 1 is 1.28 bits per heavy atom. The number of allylic oxidation sites excluding steroid dienone is 4. The molecule has 1 aromatic carbocycles. The summed E-state index contributed by atoms with van der Waals surface area (Å²) in [6.07, 6.45) is 1.33. The summed E-state index contributed by atoms with van der Waals surface area (Å²) in [7, 11) is 0. The normalized spacial score (nSPS) is 22.2. The Kier molecular flexibility index (Phi) is 4.43. The lowest BCUT2D eigenvalue weighted by molar-refractivity contribution is -0.118. The second-order valence-electron chi connectivity index (χ2n) is 7.54. The maximum atomic E-state index is 12.9. The molecule has 1 aromatic rings. The van der Waals surface area contributed by atoms with E-state index in [1.54, 1.807) is 0 Å². The van der Waals surface area contributed by atoms with Gasteiger partial charge in [-0.25, -0.2) is 0 Å². The van der Waals surface area contributed by atoms with Crippen LogP contribution in [0.4, 0.5) is 0 Å². The average Bonchev–Trinajstić information content (AvgIpc) is 2.53. The van der Waals surface area contributed by atoms with Gasteiger partial charge in [0.05, 0.1) is 24.2 Å². The van der Waals surface area contributed by atoms with Crippen LogP contribution in [0.15, 0.2) is 46.8 Å². The molecule has 0 spiro atoms. The smallest absolute Gasteiger partial charge is 0.162 e. The maximum absolute atomic E-state index is 12.9. The Morgan fingerprint density at radius 3 is 2.56 bits per heavy atom. The Hall–Kier alpha value is -2.54. The number of Topliss-reactive ketones (excluding diaryl/α,β-unsaturated/α-hetero) is 1. The highest BCUT2D eigenvalue weighted by Crippen LogP contribution is 2.46. The number of nitrogens with zero attached hydrogens (tertiary/aromatic N) is 1. The summed E-state index contributed by atoms with van der Waals surface area (Å²) in [5.41, 5.74) is 4.08. The third kappa shape index (κ3) is 3.19. The van der Waals surface area contributed by atoms with Crippen molar-refractivity contribution in [1.82, 2.24) is 5.32 Å². The zero-order chi connectivity index (χ0) is 18.2. The van der Waals surface area contributed by atoms with Crippen molar-refractivity contribution in [3.63, 3.8) is 0 Å². The molecule has 1 atom stereocenters. The molecule has 1 N–H and O–H groups in total. The summed E-state index contributed by atoms with van der Waals surface area (Å²) < 4.78 is 5.51. The van der Waals surface area contributed by atoms with Crippen molar-refractivity contribution >= 4 is 5.78 Å². The van der Waals surface area contributed by atoms with Crippen LogP contribution in [0.5, 0.6) is 5.75 Å². The zero-order valence-electron chi connectivity index (χ0n) is 15.3. The molecule has 1 heterocycles. The van der Waals surface area contributed by atoms with Crippen LogP contribution in [0, 0.1) is 16.7 Å². The molecule has 0 saturated heterocycles. The van der Waals surface area contributed by atoms with Crippen molar-refractivity contribution in [3.05, 3.63) is 52.4 Å². The summed E-state index contributed by atoms with van der Waals surface area (Å²) in [5, 5.41) is 13.0. The second-order valence-corrected chi connectivity index (χ2v) is 7.54. The first-order valence-electron chi connectivity index (χ1n) is 8.73. The summed E-state index contributed by atoms with van der Waals surface area (Å²) >= 11 is 0. The number of carbonyl (C=O) groups excluding carboxylic acids is 1. The molecular formula is C21H24N2O2. The molecule has 2 aliphatic rings. The minimum atomic E-state index is -0.291. The molecule has 0 radical (unpaired) electrons. The predicted octanol–water partition coefficient (Wildman–Crippen LogP) is 4.21. The molecule has 25 heavy (non-hydrogen) atoms. The molecule has 0 bridgehead atoms. The van der Waals surface area contributed by atoms with E-state index < -0.39 is 0 Å². The average molecular weight is 336 g/mol. The largest absolute Gasteiger partial charge is 0.494 e. The van der Waals surface area contributed by atoms with Crippen LogP contribution in [-0.4, -0.2) is 12.4 Å². The lowest BCUT2D eigenvalue weighted by atomic mass is 9.69. The minimum Gasteiger partial charge on any atom is -0.494 e. The van der Waals surface area contributed by atoms with Gasteiger partial charge in [-0.15, -0.1) is 0 Å². The van der Waals surface area contributed by atoms with Gasteiger partial charge in [-0.3, -0.25) is 4.79 Å². The molecule has 0 unspecified atom stereocenters. The van der Waals surface area contributed by atoms with E-state index in [0.29, 0.717) is 18.6 Å². The van der Waals surface area contributed by atoms with Gasteiger partial charge in [-0.2, -0.15) is 5.26 Å².